The van der Waals surface area contributed by atoms with Crippen molar-refractivity contribution in [3.63, 3.8) is 0 Å². The van der Waals surface area contributed by atoms with Gasteiger partial charge in [0, 0.05) is 23.6 Å². The minimum atomic E-state index is -1.17. The Morgan fingerprint density at radius 2 is 1.25 bits per heavy atom. The van der Waals surface area contributed by atoms with E-state index in [9.17, 15) is 19.5 Å². The summed E-state index contributed by atoms with van der Waals surface area (Å²) in [5.74, 6) is -1.48. The summed E-state index contributed by atoms with van der Waals surface area (Å²) >= 11 is 7.70. The number of aliphatic carboxylic acids is 1. The smallest absolute Gasteiger partial charge is 0.323 e. The zero-order chi connectivity index (χ0) is 56.1. The molecular weight excluding hydrogens is 1040 g/mol. The van der Waals surface area contributed by atoms with Crippen LogP contribution >= 0.6 is 35.3 Å². The summed E-state index contributed by atoms with van der Waals surface area (Å²) in [6, 6.07) is 50.0. The van der Waals surface area contributed by atoms with E-state index in [0.717, 1.165) is 80.8 Å². The number of anilines is 3. The zero-order valence-corrected chi connectivity index (χ0v) is 48.4. The molecule has 2 heterocycles. The monoisotopic (exact) mass is 1110 g/mol. The van der Waals surface area contributed by atoms with Gasteiger partial charge in [-0.1, -0.05) is 218 Å². The molecule has 80 heavy (non-hydrogen) atoms. The summed E-state index contributed by atoms with van der Waals surface area (Å²) in [6.07, 6.45) is 26.3. The van der Waals surface area contributed by atoms with Gasteiger partial charge >= 0.3 is 5.97 Å². The molecule has 0 atom stereocenters. The van der Waals surface area contributed by atoms with Gasteiger partial charge in [0.05, 0.1) is 4.53 Å². The molecule has 7 nitrogen and oxygen atoms in total. The van der Waals surface area contributed by atoms with E-state index < -0.39 is 18.1 Å². The van der Waals surface area contributed by atoms with Crippen molar-refractivity contribution in [1.29, 1.82) is 0 Å². The molecule has 0 unspecified atom stereocenters. The number of aryl methyl sites for hydroxylation is 4. The number of hydrogen-bond acceptors (Lipinski definition) is 7. The Labute approximate surface area is 482 Å². The average Bonchev–Trinajstić information content (AvgIpc) is 3.99. The first-order valence-corrected chi connectivity index (χ1v) is 29.1. The maximum absolute atomic E-state index is 13.8. The first kappa shape index (κ1) is 55.2. The molecule has 1 N–H and O–H groups in total. The van der Waals surface area contributed by atoms with Crippen LogP contribution < -0.4 is 19.7 Å². The molecule has 0 saturated carbocycles. The number of allylic oxidation sites excluding steroid dienone is 10. The Kier molecular flexibility index (Phi) is 16.6. The molecule has 1 saturated heterocycles. The number of amides is 1. The van der Waals surface area contributed by atoms with Crippen LogP contribution in [0.15, 0.2) is 198 Å². The molecule has 1 aliphatic heterocycles. The van der Waals surface area contributed by atoms with Gasteiger partial charge in [-0.15, -0.1) is 11.3 Å². The Balaban J connectivity index is 0.981. The van der Waals surface area contributed by atoms with E-state index in [0.29, 0.717) is 26.5 Å². The number of thiocarbonyl (C=S) groups is 1. The van der Waals surface area contributed by atoms with Gasteiger partial charge in [0.25, 0.3) is 11.5 Å². The molecule has 1 fully saturated rings. The standard InChI is InChI=1S/C70H63N3O4S3/c1-7-71-67(77)65(80-69(71)78)68-72(45-64(74)75)66(76)63(79-68)43-51-20-31-57-44-60(37-32-56(57)42-51)73(58-33-21-49(22-34-58)10-8-12-61(52-25-14-46(2)15-26-52)53-27-16-47(3)17-28-53)59-35-23-50(24-36-59)11-9-13-62(54-29-18-48(4)19-30-54)55-38-40-70(5,6)41-39-55/h8-19,21-30,32-40,42-44H,7,20,31,41,45H2,1-6H3,(H,74,75)/b10-8+,11-9+,62-13+,63-43+,68-65+. The van der Waals surface area contributed by atoms with Gasteiger partial charge in [0.1, 0.15) is 20.4 Å². The van der Waals surface area contributed by atoms with Crippen molar-refractivity contribution in [2.24, 2.45) is 5.41 Å². The third-order valence-electron chi connectivity index (χ3n) is 14.7. The SMILES string of the molecule is CCN1C(=O)/C(=c2\s/c(=C/C3=Cc4ccc(N(c5ccc(/C=C/C=C(c6ccc(C)cc6)c6ccc(C)cc6)cc5)c5ccc(/C=C/C=C(/C6=CCC(C)(C)C=C6)c6ccc(C)cc6)cc5)cc4CC3)c(=O)n2CC(=O)O)SC1=S. The molecule has 3 aliphatic rings. The van der Waals surface area contributed by atoms with Crippen molar-refractivity contribution in [1.82, 2.24) is 9.47 Å². The van der Waals surface area contributed by atoms with E-state index in [1.54, 1.807) is 0 Å². The topological polar surface area (TPSA) is 82.9 Å². The summed E-state index contributed by atoms with van der Waals surface area (Å²) in [6.45, 7) is 12.5. The summed E-state index contributed by atoms with van der Waals surface area (Å²) in [5.41, 5.74) is 18.8. The molecule has 1 aromatic heterocycles. The second-order valence-corrected chi connectivity index (χ2v) is 23.9. The second-order valence-electron chi connectivity index (χ2n) is 21.2. The highest BCUT2D eigenvalue weighted by molar-refractivity contribution is 8.30. The Morgan fingerprint density at radius 1 is 0.713 bits per heavy atom. The van der Waals surface area contributed by atoms with Gasteiger partial charge in [0.2, 0.25) is 0 Å². The molecule has 10 heteroatoms. The highest BCUT2D eigenvalue weighted by Gasteiger charge is 2.33. The van der Waals surface area contributed by atoms with E-state index in [4.69, 9.17) is 12.2 Å². The Morgan fingerprint density at radius 3 is 1.76 bits per heavy atom. The van der Waals surface area contributed by atoms with Crippen LogP contribution in [0.2, 0.25) is 0 Å². The van der Waals surface area contributed by atoms with Gasteiger partial charge in [-0.05, 0) is 156 Å². The van der Waals surface area contributed by atoms with E-state index >= 15 is 0 Å². The largest absolute Gasteiger partial charge is 0.480 e. The number of aromatic nitrogens is 1. The lowest BCUT2D eigenvalue weighted by Gasteiger charge is -2.27. The maximum Gasteiger partial charge on any atom is 0.323 e. The van der Waals surface area contributed by atoms with E-state index in [1.165, 1.54) is 59.6 Å². The van der Waals surface area contributed by atoms with E-state index in [2.05, 4.69) is 240 Å². The van der Waals surface area contributed by atoms with Gasteiger partial charge in [-0.3, -0.25) is 23.9 Å². The van der Waals surface area contributed by atoms with Crippen LogP contribution in [0.25, 0.3) is 40.4 Å². The lowest BCUT2D eigenvalue weighted by molar-refractivity contribution is -0.137. The third-order valence-corrected chi connectivity index (χ3v) is 17.3. The van der Waals surface area contributed by atoms with Crippen molar-refractivity contribution in [2.75, 3.05) is 11.4 Å². The van der Waals surface area contributed by atoms with Crippen LogP contribution in [0.5, 0.6) is 0 Å². The lowest BCUT2D eigenvalue weighted by Crippen LogP contribution is -2.35. The average molecular weight is 1110 g/mol. The number of fused-ring (bicyclic) bond motifs is 1. The fraction of sp³-hybridized carbons (Fsp3) is 0.171. The number of carboxylic acids is 1. The van der Waals surface area contributed by atoms with E-state index in [-0.39, 0.29) is 16.2 Å². The minimum Gasteiger partial charge on any atom is -0.480 e. The number of benzene rings is 6. The lowest BCUT2D eigenvalue weighted by atomic mass is 9.81. The van der Waals surface area contributed by atoms with Gasteiger partial charge in [-0.2, -0.15) is 0 Å². The highest BCUT2D eigenvalue weighted by Crippen LogP contribution is 2.39. The molecule has 0 spiro atoms. The van der Waals surface area contributed by atoms with Crippen LogP contribution in [-0.2, 0) is 22.6 Å². The van der Waals surface area contributed by atoms with Gasteiger partial charge in [0.15, 0.2) is 0 Å². The second kappa shape index (κ2) is 24.1. The molecule has 7 aromatic rings. The first-order chi connectivity index (χ1) is 38.6. The number of hydrogen-bond donors (Lipinski definition) is 1. The number of carbonyl (C=O) groups excluding carboxylic acids is 1. The Hall–Kier alpha value is -8.15. The molecule has 0 bridgehead atoms. The molecule has 10 rings (SSSR count). The van der Waals surface area contributed by atoms with Crippen molar-refractivity contribution in [3.8, 4) is 0 Å². The molecule has 1 amide bonds. The molecule has 2 aliphatic carbocycles. The van der Waals surface area contributed by atoms with Gasteiger partial charge < -0.3 is 10.0 Å². The fourth-order valence-corrected chi connectivity index (χ4v) is 12.7. The maximum atomic E-state index is 13.8. The molecule has 0 radical (unpaired) electrons. The number of thioether (sulfide) groups is 1. The van der Waals surface area contributed by atoms with Crippen molar-refractivity contribution >= 4 is 109 Å². The van der Waals surface area contributed by atoms with Crippen LogP contribution in [0.1, 0.15) is 89.2 Å². The first-order valence-electron chi connectivity index (χ1n) is 27.0. The normalized spacial score (nSPS) is 16.1. The molecule has 6 aromatic carbocycles. The molecule has 400 valence electrons. The quantitative estimate of drug-likeness (QED) is 0.0809. The predicted octanol–water partition coefficient (Wildman–Crippen LogP) is 15.3. The summed E-state index contributed by atoms with van der Waals surface area (Å²) < 4.78 is 2.26. The van der Waals surface area contributed by atoms with Crippen molar-refractivity contribution in [2.45, 2.75) is 67.3 Å². The summed E-state index contributed by atoms with van der Waals surface area (Å²) in [7, 11) is 0. The number of nitrogens with zero attached hydrogens (tertiary/aromatic N) is 3. The van der Waals surface area contributed by atoms with Crippen LogP contribution in [0, 0.1) is 26.2 Å². The number of thiazole rings is 1. The zero-order valence-electron chi connectivity index (χ0n) is 45.9. The van der Waals surface area contributed by atoms with Gasteiger partial charge in [-0.25, -0.2) is 0 Å². The summed E-state index contributed by atoms with van der Waals surface area (Å²) in [5, 5.41) is 9.78. The fourth-order valence-electron chi connectivity index (χ4n) is 10.1. The van der Waals surface area contributed by atoms with Crippen LogP contribution in [-0.4, -0.2) is 37.3 Å². The third kappa shape index (κ3) is 12.6. The van der Waals surface area contributed by atoms with Crippen molar-refractivity contribution in [3.05, 3.63) is 268 Å². The number of rotatable bonds is 15. The number of carboxylic acid groups (broad SMARTS) is 1. The highest BCUT2D eigenvalue weighted by atomic mass is 32.2. The van der Waals surface area contributed by atoms with Crippen LogP contribution in [0.4, 0.5) is 17.1 Å². The predicted molar refractivity (Wildman–Crippen MR) is 341 cm³/mol. The van der Waals surface area contributed by atoms with E-state index in [1.807, 2.05) is 13.0 Å². The number of carbonyl (C=O) groups is 2. The minimum absolute atomic E-state index is 0.139. The summed E-state index contributed by atoms with van der Waals surface area (Å²) in [4.78, 5) is 43.2. The van der Waals surface area contributed by atoms with Crippen molar-refractivity contribution < 1.29 is 14.7 Å². The van der Waals surface area contributed by atoms with Crippen LogP contribution in [0.3, 0.4) is 0 Å². The Bertz CT molecular complexity index is 3910. The molecular formula is C70H63N3O4S3.